The zero-order chi connectivity index (χ0) is 8.27. The molecule has 0 bridgehead atoms. The Bertz CT molecular complexity index is 243. The molecule has 60 valence electrons. The van der Waals surface area contributed by atoms with Gasteiger partial charge in [0.25, 0.3) is 0 Å². The molecular formula is C9H10Cl2. The Kier molecular flexibility index (Phi) is 3.22. The number of benzene rings is 1. The number of aryl methyl sites for hydroxylation is 1. The summed E-state index contributed by atoms with van der Waals surface area (Å²) in [6.07, 6.45) is 2.10. The Balaban J connectivity index is 2.93. The fourth-order valence-corrected chi connectivity index (χ4v) is 1.41. The van der Waals surface area contributed by atoms with Crippen molar-refractivity contribution < 1.29 is 0 Å². The minimum Gasteiger partial charge on any atom is -0.0843 e. The SMILES string of the molecule is CCCc1cc(Cl)ccc1Cl. The zero-order valence-electron chi connectivity index (χ0n) is 6.40. The Morgan fingerprint density at radius 1 is 1.27 bits per heavy atom. The van der Waals surface area contributed by atoms with Crippen molar-refractivity contribution in [2.45, 2.75) is 19.8 Å². The molecule has 0 aliphatic rings. The van der Waals surface area contributed by atoms with E-state index in [1.165, 1.54) is 0 Å². The van der Waals surface area contributed by atoms with E-state index in [0.717, 1.165) is 28.5 Å². The Hall–Kier alpha value is -0.200. The van der Waals surface area contributed by atoms with Gasteiger partial charge in [-0.3, -0.25) is 0 Å². The van der Waals surface area contributed by atoms with Gasteiger partial charge in [-0.05, 0) is 30.2 Å². The van der Waals surface area contributed by atoms with Crippen molar-refractivity contribution in [2.24, 2.45) is 0 Å². The second-order valence-corrected chi connectivity index (χ2v) is 3.33. The maximum Gasteiger partial charge on any atom is 0.0439 e. The fourth-order valence-electron chi connectivity index (χ4n) is 1.00. The maximum atomic E-state index is 5.92. The summed E-state index contributed by atoms with van der Waals surface area (Å²) in [7, 11) is 0. The Labute approximate surface area is 77.1 Å². The van der Waals surface area contributed by atoms with Gasteiger partial charge in [0.05, 0.1) is 0 Å². The number of halogens is 2. The average Bonchev–Trinajstić information content (AvgIpc) is 1.98. The molecule has 0 amide bonds. The minimum atomic E-state index is 0.762. The van der Waals surface area contributed by atoms with E-state index in [9.17, 15) is 0 Å². The molecule has 0 saturated carbocycles. The predicted molar refractivity (Wildman–Crippen MR) is 50.5 cm³/mol. The predicted octanol–water partition coefficient (Wildman–Crippen LogP) is 3.95. The first kappa shape index (κ1) is 8.89. The van der Waals surface area contributed by atoms with Crippen LogP contribution >= 0.6 is 23.2 Å². The normalized spacial score (nSPS) is 10.1. The van der Waals surface area contributed by atoms with Gasteiger partial charge in [0, 0.05) is 10.0 Å². The van der Waals surface area contributed by atoms with E-state index in [1.54, 1.807) is 0 Å². The quantitative estimate of drug-likeness (QED) is 0.660. The van der Waals surface area contributed by atoms with Crippen molar-refractivity contribution in [1.29, 1.82) is 0 Å². The van der Waals surface area contributed by atoms with Gasteiger partial charge in [-0.2, -0.15) is 0 Å². The molecule has 0 fully saturated rings. The second-order valence-electron chi connectivity index (χ2n) is 2.49. The molecule has 0 aliphatic carbocycles. The van der Waals surface area contributed by atoms with Crippen molar-refractivity contribution in [3.8, 4) is 0 Å². The monoisotopic (exact) mass is 188 g/mol. The molecule has 0 heterocycles. The highest BCUT2D eigenvalue weighted by Gasteiger charge is 1.98. The first-order chi connectivity index (χ1) is 5.24. The summed E-state index contributed by atoms with van der Waals surface area (Å²) in [6.45, 7) is 2.12. The van der Waals surface area contributed by atoms with Crippen molar-refractivity contribution in [3.63, 3.8) is 0 Å². The van der Waals surface area contributed by atoms with Gasteiger partial charge < -0.3 is 0 Å². The third-order valence-corrected chi connectivity index (χ3v) is 2.13. The van der Waals surface area contributed by atoms with Crippen LogP contribution in [0.5, 0.6) is 0 Å². The number of hydrogen-bond acceptors (Lipinski definition) is 0. The lowest BCUT2D eigenvalue weighted by Gasteiger charge is -2.01. The van der Waals surface area contributed by atoms with Gasteiger partial charge in [0.1, 0.15) is 0 Å². The van der Waals surface area contributed by atoms with Gasteiger partial charge in [-0.15, -0.1) is 0 Å². The molecule has 0 spiro atoms. The van der Waals surface area contributed by atoms with Gasteiger partial charge in [0.2, 0.25) is 0 Å². The smallest absolute Gasteiger partial charge is 0.0439 e. The number of rotatable bonds is 2. The molecule has 11 heavy (non-hydrogen) atoms. The van der Waals surface area contributed by atoms with E-state index in [2.05, 4.69) is 6.92 Å². The van der Waals surface area contributed by atoms with Crippen LogP contribution < -0.4 is 0 Å². The molecule has 0 aromatic heterocycles. The van der Waals surface area contributed by atoms with E-state index in [0.29, 0.717) is 0 Å². The summed E-state index contributed by atoms with van der Waals surface area (Å²) in [5, 5.41) is 1.58. The minimum absolute atomic E-state index is 0.762. The second kappa shape index (κ2) is 3.99. The third-order valence-electron chi connectivity index (χ3n) is 1.53. The van der Waals surface area contributed by atoms with Gasteiger partial charge in [-0.25, -0.2) is 0 Å². The average molecular weight is 189 g/mol. The molecule has 1 aromatic carbocycles. The summed E-state index contributed by atoms with van der Waals surface area (Å²) in [5.74, 6) is 0. The van der Waals surface area contributed by atoms with E-state index >= 15 is 0 Å². The summed E-state index contributed by atoms with van der Waals surface area (Å²) in [5.41, 5.74) is 1.14. The lowest BCUT2D eigenvalue weighted by molar-refractivity contribution is 0.922. The van der Waals surface area contributed by atoms with Crippen molar-refractivity contribution in [2.75, 3.05) is 0 Å². The van der Waals surface area contributed by atoms with Crippen molar-refractivity contribution in [1.82, 2.24) is 0 Å². The molecule has 0 saturated heterocycles. The van der Waals surface area contributed by atoms with Crippen LogP contribution in [0.3, 0.4) is 0 Å². The van der Waals surface area contributed by atoms with Crippen LogP contribution in [0.25, 0.3) is 0 Å². The van der Waals surface area contributed by atoms with Gasteiger partial charge in [0.15, 0.2) is 0 Å². The molecule has 1 aromatic rings. The van der Waals surface area contributed by atoms with Gasteiger partial charge >= 0.3 is 0 Å². The molecule has 2 heteroatoms. The number of hydrogen-bond donors (Lipinski definition) is 0. The zero-order valence-corrected chi connectivity index (χ0v) is 7.91. The van der Waals surface area contributed by atoms with Crippen molar-refractivity contribution in [3.05, 3.63) is 33.8 Å². The first-order valence-electron chi connectivity index (χ1n) is 3.68. The molecule has 0 nitrogen and oxygen atoms in total. The highest BCUT2D eigenvalue weighted by Crippen LogP contribution is 2.21. The maximum absolute atomic E-state index is 5.92. The lowest BCUT2D eigenvalue weighted by atomic mass is 10.1. The van der Waals surface area contributed by atoms with Crippen LogP contribution in [-0.2, 0) is 6.42 Å². The molecule has 0 atom stereocenters. The van der Waals surface area contributed by atoms with E-state index < -0.39 is 0 Å². The fraction of sp³-hybridized carbons (Fsp3) is 0.333. The molecule has 0 unspecified atom stereocenters. The van der Waals surface area contributed by atoms with E-state index in [1.807, 2.05) is 18.2 Å². The van der Waals surface area contributed by atoms with Crippen LogP contribution in [0.4, 0.5) is 0 Å². The van der Waals surface area contributed by atoms with Crippen LogP contribution in [0.15, 0.2) is 18.2 Å². The largest absolute Gasteiger partial charge is 0.0843 e. The molecule has 0 radical (unpaired) electrons. The Morgan fingerprint density at radius 3 is 2.64 bits per heavy atom. The molecule has 0 aliphatic heterocycles. The standard InChI is InChI=1S/C9H10Cl2/c1-2-3-7-6-8(10)4-5-9(7)11/h4-6H,2-3H2,1H3. The van der Waals surface area contributed by atoms with Gasteiger partial charge in [-0.1, -0.05) is 36.5 Å². The molecular weight excluding hydrogens is 179 g/mol. The van der Waals surface area contributed by atoms with E-state index in [4.69, 9.17) is 23.2 Å². The molecule has 0 N–H and O–H groups in total. The summed E-state index contributed by atoms with van der Waals surface area (Å²) in [6, 6.07) is 5.57. The topological polar surface area (TPSA) is 0 Å². The lowest BCUT2D eigenvalue weighted by Crippen LogP contribution is -1.83. The van der Waals surface area contributed by atoms with Crippen LogP contribution in [-0.4, -0.2) is 0 Å². The summed E-state index contributed by atoms with van der Waals surface area (Å²) in [4.78, 5) is 0. The van der Waals surface area contributed by atoms with Crippen LogP contribution in [0.1, 0.15) is 18.9 Å². The highest BCUT2D eigenvalue weighted by molar-refractivity contribution is 6.33. The first-order valence-corrected chi connectivity index (χ1v) is 4.43. The van der Waals surface area contributed by atoms with Crippen LogP contribution in [0.2, 0.25) is 10.0 Å². The summed E-state index contributed by atoms with van der Waals surface area (Å²) < 4.78 is 0. The van der Waals surface area contributed by atoms with E-state index in [-0.39, 0.29) is 0 Å². The Morgan fingerprint density at radius 2 is 2.00 bits per heavy atom. The highest BCUT2D eigenvalue weighted by atomic mass is 35.5. The molecule has 1 rings (SSSR count). The summed E-state index contributed by atoms with van der Waals surface area (Å²) >= 11 is 11.7. The van der Waals surface area contributed by atoms with Crippen LogP contribution in [0, 0.1) is 0 Å². The third kappa shape index (κ3) is 2.39. The van der Waals surface area contributed by atoms with Crippen molar-refractivity contribution >= 4 is 23.2 Å².